The summed E-state index contributed by atoms with van der Waals surface area (Å²) in [5.74, 6) is 0.882. The molecule has 3 saturated heterocycles. The zero-order valence-corrected chi connectivity index (χ0v) is 15.3. The number of carbonyl (C=O) groups excluding carboxylic acids is 2. The Balaban J connectivity index is 1.41. The van der Waals surface area contributed by atoms with Crippen LogP contribution < -0.4 is 10.1 Å². The minimum Gasteiger partial charge on any atom is -0.497 e. The molecule has 3 atom stereocenters. The quantitative estimate of drug-likeness (QED) is 0.885. The van der Waals surface area contributed by atoms with Gasteiger partial charge in [-0.05, 0) is 43.5 Å². The molecular weight excluding hydrogens is 330 g/mol. The Labute approximate surface area is 154 Å². The first-order valence-electron chi connectivity index (χ1n) is 9.59. The highest BCUT2D eigenvalue weighted by atomic mass is 16.5. The van der Waals surface area contributed by atoms with Crippen molar-refractivity contribution in [2.45, 2.75) is 44.3 Å². The lowest BCUT2D eigenvalue weighted by molar-refractivity contribution is -0.138. The Morgan fingerprint density at radius 2 is 1.96 bits per heavy atom. The SMILES string of the molecule is COc1ccc(CN2CC(C(=O)N3C4CCNCC3CC4)CC2=O)cc1. The Bertz CT molecular complexity index is 661. The third kappa shape index (κ3) is 3.30. The van der Waals surface area contributed by atoms with Crippen molar-refractivity contribution < 1.29 is 14.3 Å². The van der Waals surface area contributed by atoms with Crippen molar-refractivity contribution in [3.8, 4) is 5.75 Å². The number of carbonyl (C=O) groups is 2. The molecular formula is C20H27N3O3. The summed E-state index contributed by atoms with van der Waals surface area (Å²) in [4.78, 5) is 29.5. The van der Waals surface area contributed by atoms with Gasteiger partial charge in [-0.3, -0.25) is 9.59 Å². The van der Waals surface area contributed by atoms with Crippen LogP contribution in [0.3, 0.4) is 0 Å². The van der Waals surface area contributed by atoms with Gasteiger partial charge in [0.2, 0.25) is 11.8 Å². The summed E-state index contributed by atoms with van der Waals surface area (Å²) in [5, 5.41) is 3.43. The van der Waals surface area contributed by atoms with Crippen LogP contribution in [0.1, 0.15) is 31.2 Å². The maximum absolute atomic E-state index is 13.1. The average Bonchev–Trinajstić information content (AvgIpc) is 3.13. The molecule has 3 heterocycles. The maximum Gasteiger partial charge on any atom is 0.228 e. The number of fused-ring (bicyclic) bond motifs is 2. The highest BCUT2D eigenvalue weighted by Crippen LogP contribution is 2.32. The zero-order valence-electron chi connectivity index (χ0n) is 15.3. The Kier molecular flexibility index (Phi) is 4.85. The summed E-state index contributed by atoms with van der Waals surface area (Å²) < 4.78 is 5.18. The second-order valence-electron chi connectivity index (χ2n) is 7.65. The number of rotatable bonds is 4. The van der Waals surface area contributed by atoms with Gasteiger partial charge in [0.1, 0.15) is 5.75 Å². The smallest absolute Gasteiger partial charge is 0.228 e. The molecule has 0 spiro atoms. The summed E-state index contributed by atoms with van der Waals surface area (Å²) in [6.07, 6.45) is 3.56. The lowest BCUT2D eigenvalue weighted by Crippen LogP contribution is -2.46. The molecule has 0 aliphatic carbocycles. The fourth-order valence-electron chi connectivity index (χ4n) is 4.59. The van der Waals surface area contributed by atoms with Gasteiger partial charge in [-0.15, -0.1) is 0 Å². The third-order valence-electron chi connectivity index (χ3n) is 6.00. The summed E-state index contributed by atoms with van der Waals surface area (Å²) in [6.45, 7) is 2.96. The van der Waals surface area contributed by atoms with E-state index in [1.54, 1.807) is 7.11 Å². The highest BCUT2D eigenvalue weighted by Gasteiger charge is 2.43. The Hall–Kier alpha value is -2.08. The topological polar surface area (TPSA) is 61.9 Å². The molecule has 1 aromatic carbocycles. The molecule has 6 nitrogen and oxygen atoms in total. The van der Waals surface area contributed by atoms with Gasteiger partial charge in [-0.25, -0.2) is 0 Å². The van der Waals surface area contributed by atoms with Crippen molar-refractivity contribution in [3.05, 3.63) is 29.8 Å². The third-order valence-corrected chi connectivity index (χ3v) is 6.00. The molecule has 0 radical (unpaired) electrons. The molecule has 3 aliphatic rings. The molecule has 1 N–H and O–H groups in total. The van der Waals surface area contributed by atoms with E-state index in [-0.39, 0.29) is 17.7 Å². The van der Waals surface area contributed by atoms with Crippen LogP contribution in [0.4, 0.5) is 0 Å². The standard InChI is InChI=1S/C20H27N3O3/c1-26-18-6-2-14(3-7-18)12-22-13-15(10-19(22)24)20(25)23-16-4-5-17(23)11-21-9-8-16/h2-3,6-7,15-17,21H,4-5,8-13H2,1H3. The summed E-state index contributed by atoms with van der Waals surface area (Å²) in [6, 6.07) is 8.42. The zero-order chi connectivity index (χ0) is 18.1. The van der Waals surface area contributed by atoms with Crippen LogP contribution >= 0.6 is 0 Å². The first-order chi connectivity index (χ1) is 12.7. The summed E-state index contributed by atoms with van der Waals surface area (Å²) in [5.41, 5.74) is 1.06. The highest BCUT2D eigenvalue weighted by molar-refractivity contribution is 5.89. The average molecular weight is 357 g/mol. The van der Waals surface area contributed by atoms with Crippen molar-refractivity contribution in [1.82, 2.24) is 15.1 Å². The van der Waals surface area contributed by atoms with Crippen molar-refractivity contribution in [2.24, 2.45) is 5.92 Å². The molecule has 26 heavy (non-hydrogen) atoms. The molecule has 0 aromatic heterocycles. The molecule has 3 unspecified atom stereocenters. The van der Waals surface area contributed by atoms with Gasteiger partial charge >= 0.3 is 0 Å². The molecule has 3 aliphatic heterocycles. The largest absolute Gasteiger partial charge is 0.497 e. The first-order valence-corrected chi connectivity index (χ1v) is 9.59. The number of ether oxygens (including phenoxy) is 1. The molecule has 2 bridgehead atoms. The van der Waals surface area contributed by atoms with E-state index in [4.69, 9.17) is 4.74 Å². The van der Waals surface area contributed by atoms with Crippen molar-refractivity contribution in [3.63, 3.8) is 0 Å². The van der Waals surface area contributed by atoms with Crippen LogP contribution in [0.2, 0.25) is 0 Å². The number of nitrogens with one attached hydrogen (secondary N) is 1. The minimum atomic E-state index is -0.193. The van der Waals surface area contributed by atoms with E-state index in [2.05, 4.69) is 10.2 Å². The van der Waals surface area contributed by atoms with Gasteiger partial charge in [-0.2, -0.15) is 0 Å². The molecule has 1 aromatic rings. The van der Waals surface area contributed by atoms with Crippen LogP contribution in [0.25, 0.3) is 0 Å². The Morgan fingerprint density at radius 3 is 2.73 bits per heavy atom. The van der Waals surface area contributed by atoms with Gasteiger partial charge in [-0.1, -0.05) is 12.1 Å². The second kappa shape index (κ2) is 7.27. The summed E-state index contributed by atoms with van der Waals surface area (Å²) >= 11 is 0. The predicted octanol–water partition coefficient (Wildman–Crippen LogP) is 1.40. The first kappa shape index (κ1) is 17.3. The minimum absolute atomic E-state index is 0.0828. The normalized spacial score (nSPS) is 28.3. The van der Waals surface area contributed by atoms with Crippen molar-refractivity contribution in [1.29, 1.82) is 0 Å². The number of amides is 2. The van der Waals surface area contributed by atoms with Gasteiger partial charge in [0.15, 0.2) is 0 Å². The van der Waals surface area contributed by atoms with Crippen molar-refractivity contribution in [2.75, 3.05) is 26.7 Å². The molecule has 140 valence electrons. The second-order valence-corrected chi connectivity index (χ2v) is 7.65. The molecule has 6 heteroatoms. The van der Waals surface area contributed by atoms with Crippen LogP contribution in [-0.2, 0) is 16.1 Å². The van der Waals surface area contributed by atoms with Crippen LogP contribution in [0.5, 0.6) is 5.75 Å². The number of hydrogen-bond acceptors (Lipinski definition) is 4. The number of benzene rings is 1. The van der Waals surface area contributed by atoms with E-state index in [1.165, 1.54) is 0 Å². The molecule has 4 rings (SSSR count). The molecule has 3 fully saturated rings. The number of nitrogens with zero attached hydrogens (tertiary/aromatic N) is 2. The van der Waals surface area contributed by atoms with E-state index in [0.717, 1.165) is 43.7 Å². The van der Waals surface area contributed by atoms with E-state index < -0.39 is 0 Å². The fourth-order valence-corrected chi connectivity index (χ4v) is 4.59. The van der Waals surface area contributed by atoms with Crippen LogP contribution in [0, 0.1) is 5.92 Å². The van der Waals surface area contributed by atoms with Gasteiger partial charge in [0.25, 0.3) is 0 Å². The monoisotopic (exact) mass is 357 g/mol. The number of methoxy groups -OCH3 is 1. The van der Waals surface area contributed by atoms with Crippen molar-refractivity contribution >= 4 is 11.8 Å². The lowest BCUT2D eigenvalue weighted by atomic mass is 10.1. The number of hydrogen-bond donors (Lipinski definition) is 1. The van der Waals surface area contributed by atoms with Gasteiger partial charge in [0.05, 0.1) is 13.0 Å². The van der Waals surface area contributed by atoms with Crippen LogP contribution in [0.15, 0.2) is 24.3 Å². The maximum atomic E-state index is 13.1. The van der Waals surface area contributed by atoms with Gasteiger partial charge < -0.3 is 19.9 Å². The van der Waals surface area contributed by atoms with E-state index >= 15 is 0 Å². The van der Waals surface area contributed by atoms with Crippen LogP contribution in [-0.4, -0.2) is 60.4 Å². The van der Waals surface area contributed by atoms with Gasteiger partial charge in [0, 0.05) is 38.1 Å². The predicted molar refractivity (Wildman–Crippen MR) is 97.7 cm³/mol. The lowest BCUT2D eigenvalue weighted by Gasteiger charge is -2.30. The number of likely N-dealkylation sites (tertiary alicyclic amines) is 1. The van der Waals surface area contributed by atoms with E-state index in [0.29, 0.717) is 31.6 Å². The molecule has 2 amide bonds. The Morgan fingerprint density at radius 1 is 1.19 bits per heavy atom. The van der Waals surface area contributed by atoms with E-state index in [9.17, 15) is 9.59 Å². The fraction of sp³-hybridized carbons (Fsp3) is 0.600. The van der Waals surface area contributed by atoms with E-state index in [1.807, 2.05) is 29.2 Å². The molecule has 0 saturated carbocycles. The summed E-state index contributed by atoms with van der Waals surface area (Å²) in [7, 11) is 1.64.